The molecule has 1 aromatic carbocycles. The first kappa shape index (κ1) is 14.6. The summed E-state index contributed by atoms with van der Waals surface area (Å²) in [4.78, 5) is 12.0. The molecule has 2 N–H and O–H groups in total. The van der Waals surface area contributed by atoms with Crippen molar-refractivity contribution in [3.8, 4) is 5.69 Å². The first-order chi connectivity index (χ1) is 10.5. The van der Waals surface area contributed by atoms with Gasteiger partial charge in [0.1, 0.15) is 11.6 Å². The van der Waals surface area contributed by atoms with Crippen LogP contribution < -0.4 is 5.32 Å². The van der Waals surface area contributed by atoms with Crippen molar-refractivity contribution in [2.75, 3.05) is 6.61 Å². The number of carbonyl (C=O) groups is 1. The van der Waals surface area contributed by atoms with Gasteiger partial charge in [-0.05, 0) is 37.0 Å². The van der Waals surface area contributed by atoms with Crippen LogP contribution >= 0.6 is 0 Å². The second-order valence-corrected chi connectivity index (χ2v) is 5.46. The molecule has 1 amide bonds. The number of aliphatic hydroxyl groups excluding tert-OH is 1. The monoisotopic (exact) mass is 307 g/mol. The second-order valence-electron chi connectivity index (χ2n) is 5.46. The molecule has 1 aliphatic carbocycles. The molecule has 0 bridgehead atoms. The molecule has 0 radical (unpaired) electrons. The molecule has 0 aliphatic heterocycles. The lowest BCUT2D eigenvalue weighted by Crippen LogP contribution is -2.45. The highest BCUT2D eigenvalue weighted by Crippen LogP contribution is 2.26. The summed E-state index contributed by atoms with van der Waals surface area (Å²) in [5, 5.41) is 15.8. The third-order valence-corrected chi connectivity index (χ3v) is 3.76. The number of nitrogens with zero attached hydrogens (tertiary/aromatic N) is 2. The van der Waals surface area contributed by atoms with Gasteiger partial charge in [-0.25, -0.2) is 13.5 Å². The summed E-state index contributed by atoms with van der Waals surface area (Å²) in [5.74, 6) is -1.50. The SMILES string of the molecule is O=C(NC1CC(CO)C1)c1ccn(-c2cc(F)cc(F)c2)n1. The van der Waals surface area contributed by atoms with Gasteiger partial charge < -0.3 is 10.4 Å². The normalized spacial score (nSPS) is 20.5. The highest BCUT2D eigenvalue weighted by Gasteiger charge is 2.30. The Bertz CT molecular complexity index is 676. The number of halogens is 2. The van der Waals surface area contributed by atoms with Gasteiger partial charge in [-0.3, -0.25) is 4.79 Å². The smallest absolute Gasteiger partial charge is 0.272 e. The largest absolute Gasteiger partial charge is 0.396 e. The Morgan fingerprint density at radius 2 is 2.00 bits per heavy atom. The van der Waals surface area contributed by atoms with Crippen LogP contribution in [0, 0.1) is 17.6 Å². The average Bonchev–Trinajstić information content (AvgIpc) is 2.90. The van der Waals surface area contributed by atoms with Crippen molar-refractivity contribution in [2.24, 2.45) is 5.92 Å². The maximum Gasteiger partial charge on any atom is 0.272 e. The lowest BCUT2D eigenvalue weighted by atomic mass is 9.81. The van der Waals surface area contributed by atoms with E-state index < -0.39 is 11.6 Å². The first-order valence-corrected chi connectivity index (χ1v) is 6.99. The minimum absolute atomic E-state index is 0.0430. The molecular formula is C15H15F2N3O2. The van der Waals surface area contributed by atoms with Crippen molar-refractivity contribution in [3.63, 3.8) is 0 Å². The van der Waals surface area contributed by atoms with Crippen molar-refractivity contribution in [1.29, 1.82) is 0 Å². The Morgan fingerprint density at radius 3 is 2.64 bits per heavy atom. The van der Waals surface area contributed by atoms with Crippen LogP contribution in [0.15, 0.2) is 30.5 Å². The van der Waals surface area contributed by atoms with Gasteiger partial charge in [0.15, 0.2) is 5.69 Å². The molecule has 0 unspecified atom stereocenters. The maximum atomic E-state index is 13.2. The molecule has 2 aromatic rings. The summed E-state index contributed by atoms with van der Waals surface area (Å²) in [6.07, 6.45) is 2.97. The summed E-state index contributed by atoms with van der Waals surface area (Å²) in [7, 11) is 0. The fourth-order valence-corrected chi connectivity index (χ4v) is 2.52. The number of aliphatic hydroxyl groups is 1. The van der Waals surface area contributed by atoms with Gasteiger partial charge in [0.2, 0.25) is 0 Å². The van der Waals surface area contributed by atoms with Crippen LogP contribution in [-0.2, 0) is 0 Å². The Labute approximate surface area is 125 Å². The highest BCUT2D eigenvalue weighted by atomic mass is 19.1. The lowest BCUT2D eigenvalue weighted by Gasteiger charge is -2.34. The molecule has 0 spiro atoms. The van der Waals surface area contributed by atoms with Gasteiger partial charge in [-0.1, -0.05) is 0 Å². The number of aromatic nitrogens is 2. The van der Waals surface area contributed by atoms with E-state index in [9.17, 15) is 13.6 Å². The third-order valence-electron chi connectivity index (χ3n) is 3.76. The van der Waals surface area contributed by atoms with E-state index >= 15 is 0 Å². The number of rotatable bonds is 4. The molecule has 116 valence electrons. The number of nitrogens with one attached hydrogen (secondary N) is 1. The van der Waals surface area contributed by atoms with Gasteiger partial charge in [-0.15, -0.1) is 0 Å². The topological polar surface area (TPSA) is 67.2 Å². The molecule has 1 aliphatic rings. The lowest BCUT2D eigenvalue weighted by molar-refractivity contribution is 0.0827. The van der Waals surface area contributed by atoms with Crippen LogP contribution in [0.3, 0.4) is 0 Å². The van der Waals surface area contributed by atoms with E-state index in [4.69, 9.17) is 5.11 Å². The summed E-state index contributed by atoms with van der Waals surface area (Å²) >= 11 is 0. The fraction of sp³-hybridized carbons (Fsp3) is 0.333. The zero-order chi connectivity index (χ0) is 15.7. The summed E-state index contributed by atoms with van der Waals surface area (Å²) in [6.45, 7) is 0.131. The van der Waals surface area contributed by atoms with Crippen molar-refractivity contribution >= 4 is 5.91 Å². The van der Waals surface area contributed by atoms with Crippen LogP contribution in [0.4, 0.5) is 8.78 Å². The van der Waals surface area contributed by atoms with Crippen LogP contribution in [0.1, 0.15) is 23.3 Å². The molecule has 0 atom stereocenters. The predicted molar refractivity (Wildman–Crippen MR) is 74.5 cm³/mol. The quantitative estimate of drug-likeness (QED) is 0.902. The molecule has 5 nitrogen and oxygen atoms in total. The second kappa shape index (κ2) is 5.84. The zero-order valence-corrected chi connectivity index (χ0v) is 11.7. The molecule has 22 heavy (non-hydrogen) atoms. The number of carbonyl (C=O) groups excluding carboxylic acids is 1. The molecule has 1 heterocycles. The van der Waals surface area contributed by atoms with Gasteiger partial charge in [0.05, 0.1) is 5.69 Å². The number of hydrogen-bond donors (Lipinski definition) is 2. The van der Waals surface area contributed by atoms with Crippen molar-refractivity contribution in [3.05, 3.63) is 47.8 Å². The Hall–Kier alpha value is -2.28. The first-order valence-electron chi connectivity index (χ1n) is 6.99. The fourth-order valence-electron chi connectivity index (χ4n) is 2.52. The summed E-state index contributed by atoms with van der Waals surface area (Å²) < 4.78 is 27.6. The van der Waals surface area contributed by atoms with Crippen LogP contribution in [0.5, 0.6) is 0 Å². The minimum atomic E-state index is -0.707. The molecule has 1 aromatic heterocycles. The molecule has 3 rings (SSSR count). The molecule has 1 saturated carbocycles. The summed E-state index contributed by atoms with van der Waals surface area (Å²) in [6, 6.07) is 4.57. The Kier molecular flexibility index (Phi) is 3.89. The van der Waals surface area contributed by atoms with Crippen LogP contribution in [0.25, 0.3) is 5.69 Å². The molecular weight excluding hydrogens is 292 g/mol. The number of benzene rings is 1. The van der Waals surface area contributed by atoms with Crippen molar-refractivity contribution in [2.45, 2.75) is 18.9 Å². The Morgan fingerprint density at radius 1 is 1.32 bits per heavy atom. The average molecular weight is 307 g/mol. The standard InChI is InChI=1S/C15H15F2N3O2/c16-10-5-11(17)7-13(6-10)20-2-1-14(19-20)15(22)18-12-3-9(4-12)8-21/h1-2,5-7,9,12,21H,3-4,8H2,(H,18,22). The van der Waals surface area contributed by atoms with E-state index in [1.54, 1.807) is 0 Å². The van der Waals surface area contributed by atoms with Gasteiger partial charge >= 0.3 is 0 Å². The van der Waals surface area contributed by atoms with E-state index in [1.807, 2.05) is 0 Å². The number of hydrogen-bond acceptors (Lipinski definition) is 3. The van der Waals surface area contributed by atoms with Gasteiger partial charge in [0.25, 0.3) is 5.91 Å². The van der Waals surface area contributed by atoms with E-state index in [1.165, 1.54) is 16.9 Å². The Balaban J connectivity index is 1.69. The molecule has 7 heteroatoms. The highest BCUT2D eigenvalue weighted by molar-refractivity contribution is 5.92. The number of amides is 1. The van der Waals surface area contributed by atoms with E-state index in [0.29, 0.717) is 0 Å². The molecule has 0 saturated heterocycles. The maximum absolute atomic E-state index is 13.2. The molecule has 1 fully saturated rings. The van der Waals surface area contributed by atoms with Gasteiger partial charge in [0, 0.05) is 24.9 Å². The van der Waals surface area contributed by atoms with Crippen LogP contribution in [0.2, 0.25) is 0 Å². The summed E-state index contributed by atoms with van der Waals surface area (Å²) in [5.41, 5.74) is 0.387. The van der Waals surface area contributed by atoms with Crippen LogP contribution in [-0.4, -0.2) is 33.4 Å². The van der Waals surface area contributed by atoms with E-state index in [2.05, 4.69) is 10.4 Å². The van der Waals surface area contributed by atoms with Crippen molar-refractivity contribution < 1.29 is 18.7 Å². The zero-order valence-electron chi connectivity index (χ0n) is 11.7. The van der Waals surface area contributed by atoms with Crippen molar-refractivity contribution in [1.82, 2.24) is 15.1 Å². The van der Waals surface area contributed by atoms with E-state index in [-0.39, 0.29) is 35.9 Å². The van der Waals surface area contributed by atoms with E-state index in [0.717, 1.165) is 31.0 Å². The third kappa shape index (κ3) is 2.99. The van der Waals surface area contributed by atoms with Gasteiger partial charge in [-0.2, -0.15) is 5.10 Å². The predicted octanol–water partition coefficient (Wildman–Crippen LogP) is 1.65. The minimum Gasteiger partial charge on any atom is -0.396 e.